The Morgan fingerprint density at radius 1 is 1.19 bits per heavy atom. The van der Waals surface area contributed by atoms with Crippen LogP contribution in [0.4, 0.5) is 0 Å². The number of aromatic nitrogens is 3. The summed E-state index contributed by atoms with van der Waals surface area (Å²) in [6, 6.07) is 15.1. The Labute approximate surface area is 166 Å². The number of nitrogens with zero attached hydrogens (tertiary/aromatic N) is 3. The van der Waals surface area contributed by atoms with E-state index in [0.29, 0.717) is 16.8 Å². The van der Waals surface area contributed by atoms with Crippen molar-refractivity contribution in [1.82, 2.24) is 14.8 Å². The summed E-state index contributed by atoms with van der Waals surface area (Å²) in [5.74, 6) is 0.532. The van der Waals surface area contributed by atoms with Crippen LogP contribution in [-0.2, 0) is 9.53 Å². The SMILES string of the molecule is Cc1ccc(-n2cnnc2SCC(=O)OCCOc2ccccc2)cc1Cl. The van der Waals surface area contributed by atoms with E-state index in [4.69, 9.17) is 21.1 Å². The van der Waals surface area contributed by atoms with Crippen LogP contribution >= 0.6 is 23.4 Å². The van der Waals surface area contributed by atoms with Crippen molar-refractivity contribution in [2.45, 2.75) is 12.1 Å². The fraction of sp³-hybridized carbons (Fsp3) is 0.211. The molecule has 27 heavy (non-hydrogen) atoms. The normalized spacial score (nSPS) is 10.6. The number of hydrogen-bond donors (Lipinski definition) is 0. The van der Waals surface area contributed by atoms with E-state index in [9.17, 15) is 4.79 Å². The molecule has 3 rings (SSSR count). The predicted octanol–water partition coefficient (Wildman–Crippen LogP) is 3.94. The maximum Gasteiger partial charge on any atom is 0.316 e. The van der Waals surface area contributed by atoms with Crippen LogP contribution in [0.25, 0.3) is 5.69 Å². The summed E-state index contributed by atoms with van der Waals surface area (Å²) < 4.78 is 12.4. The highest BCUT2D eigenvalue weighted by Gasteiger charge is 2.12. The smallest absolute Gasteiger partial charge is 0.316 e. The van der Waals surface area contributed by atoms with Crippen LogP contribution in [0, 0.1) is 6.92 Å². The van der Waals surface area contributed by atoms with Gasteiger partial charge in [-0.25, -0.2) is 0 Å². The van der Waals surface area contributed by atoms with E-state index in [1.807, 2.05) is 55.5 Å². The van der Waals surface area contributed by atoms with Crippen molar-refractivity contribution in [3.8, 4) is 11.4 Å². The molecule has 0 unspecified atom stereocenters. The number of benzene rings is 2. The number of halogens is 1. The third-order valence-corrected chi connectivity index (χ3v) is 4.95. The molecule has 140 valence electrons. The van der Waals surface area contributed by atoms with E-state index in [2.05, 4.69) is 10.2 Å². The van der Waals surface area contributed by atoms with Crippen molar-refractivity contribution in [2.24, 2.45) is 0 Å². The molecule has 2 aromatic carbocycles. The molecule has 0 atom stereocenters. The number of aryl methyl sites for hydroxylation is 1. The van der Waals surface area contributed by atoms with E-state index >= 15 is 0 Å². The number of ether oxygens (including phenoxy) is 2. The van der Waals surface area contributed by atoms with Gasteiger partial charge in [-0.15, -0.1) is 10.2 Å². The molecule has 0 N–H and O–H groups in total. The second-order valence-electron chi connectivity index (χ2n) is 5.59. The molecule has 0 bridgehead atoms. The highest BCUT2D eigenvalue weighted by atomic mass is 35.5. The standard InChI is InChI=1S/C19H18ClN3O3S/c1-14-7-8-15(11-17(14)20)23-13-21-22-19(23)27-12-18(24)26-10-9-25-16-5-3-2-4-6-16/h2-8,11,13H,9-10,12H2,1H3. The number of thioether (sulfide) groups is 1. The van der Waals surface area contributed by atoms with Gasteiger partial charge in [0.2, 0.25) is 0 Å². The molecule has 0 aliphatic heterocycles. The first-order chi connectivity index (χ1) is 13.1. The molecule has 6 nitrogen and oxygen atoms in total. The van der Waals surface area contributed by atoms with Crippen molar-refractivity contribution in [3.63, 3.8) is 0 Å². The topological polar surface area (TPSA) is 66.2 Å². The molecule has 3 aromatic rings. The molecule has 8 heteroatoms. The summed E-state index contributed by atoms with van der Waals surface area (Å²) in [5.41, 5.74) is 1.83. The first kappa shape index (κ1) is 19.3. The highest BCUT2D eigenvalue weighted by molar-refractivity contribution is 7.99. The molecule has 0 amide bonds. The monoisotopic (exact) mass is 403 g/mol. The number of carbonyl (C=O) groups excluding carboxylic acids is 1. The van der Waals surface area contributed by atoms with Crippen molar-refractivity contribution < 1.29 is 14.3 Å². The molecule has 0 radical (unpaired) electrons. The van der Waals surface area contributed by atoms with Gasteiger partial charge in [0, 0.05) is 5.02 Å². The largest absolute Gasteiger partial charge is 0.490 e. The molecule has 0 saturated carbocycles. The molecule has 0 fully saturated rings. The van der Waals surface area contributed by atoms with Gasteiger partial charge in [0.25, 0.3) is 0 Å². The zero-order chi connectivity index (χ0) is 19.1. The van der Waals surface area contributed by atoms with E-state index in [-0.39, 0.29) is 18.3 Å². The van der Waals surface area contributed by atoms with Crippen molar-refractivity contribution in [3.05, 3.63) is 65.4 Å². The van der Waals surface area contributed by atoms with E-state index < -0.39 is 0 Å². The van der Waals surface area contributed by atoms with Gasteiger partial charge in [-0.2, -0.15) is 0 Å². The molecular weight excluding hydrogens is 386 g/mol. The average Bonchev–Trinajstić information content (AvgIpc) is 3.15. The summed E-state index contributed by atoms with van der Waals surface area (Å²) in [7, 11) is 0. The van der Waals surface area contributed by atoms with Crippen LogP contribution < -0.4 is 4.74 Å². The van der Waals surface area contributed by atoms with Crippen LogP contribution in [-0.4, -0.2) is 39.7 Å². The third-order valence-electron chi connectivity index (χ3n) is 3.63. The quantitative estimate of drug-likeness (QED) is 0.322. The first-order valence-electron chi connectivity index (χ1n) is 8.26. The molecule has 0 saturated heterocycles. The highest BCUT2D eigenvalue weighted by Crippen LogP contribution is 2.23. The molecule has 1 aromatic heterocycles. The van der Waals surface area contributed by atoms with Crippen LogP contribution in [0.5, 0.6) is 5.75 Å². The Bertz CT molecular complexity index is 902. The minimum absolute atomic E-state index is 0.129. The van der Waals surface area contributed by atoms with Crippen molar-refractivity contribution in [2.75, 3.05) is 19.0 Å². The Hall–Kier alpha value is -2.51. The zero-order valence-electron chi connectivity index (χ0n) is 14.7. The van der Waals surface area contributed by atoms with Crippen molar-refractivity contribution in [1.29, 1.82) is 0 Å². The lowest BCUT2D eigenvalue weighted by Gasteiger charge is -2.09. The summed E-state index contributed by atoms with van der Waals surface area (Å²) >= 11 is 7.43. The lowest BCUT2D eigenvalue weighted by atomic mass is 10.2. The minimum atomic E-state index is -0.340. The van der Waals surface area contributed by atoms with Gasteiger partial charge in [0.15, 0.2) is 5.16 Å². The number of para-hydroxylation sites is 1. The van der Waals surface area contributed by atoms with Gasteiger partial charge in [-0.1, -0.05) is 47.6 Å². The van der Waals surface area contributed by atoms with Crippen LogP contribution in [0.15, 0.2) is 60.0 Å². The number of esters is 1. The second kappa shape index (κ2) is 9.43. The molecule has 1 heterocycles. The Balaban J connectivity index is 1.47. The summed E-state index contributed by atoms with van der Waals surface area (Å²) in [6.07, 6.45) is 1.59. The number of rotatable bonds is 8. The molecular formula is C19H18ClN3O3S. The predicted molar refractivity (Wildman–Crippen MR) is 105 cm³/mol. The maximum absolute atomic E-state index is 11.9. The fourth-order valence-corrected chi connectivity index (χ4v) is 3.13. The van der Waals surface area contributed by atoms with E-state index in [1.54, 1.807) is 10.9 Å². The Morgan fingerprint density at radius 2 is 2.00 bits per heavy atom. The van der Waals surface area contributed by atoms with Crippen LogP contribution in [0.2, 0.25) is 5.02 Å². The molecule has 0 spiro atoms. The van der Waals surface area contributed by atoms with Gasteiger partial charge in [-0.05, 0) is 36.8 Å². The Morgan fingerprint density at radius 3 is 2.78 bits per heavy atom. The van der Waals surface area contributed by atoms with E-state index in [0.717, 1.165) is 17.0 Å². The van der Waals surface area contributed by atoms with Gasteiger partial charge in [0.1, 0.15) is 25.3 Å². The number of hydrogen-bond acceptors (Lipinski definition) is 6. The summed E-state index contributed by atoms with van der Waals surface area (Å²) in [4.78, 5) is 11.9. The lowest BCUT2D eigenvalue weighted by molar-refractivity contribution is -0.141. The van der Waals surface area contributed by atoms with Gasteiger partial charge < -0.3 is 9.47 Å². The molecule has 0 aliphatic rings. The van der Waals surface area contributed by atoms with Crippen molar-refractivity contribution >= 4 is 29.3 Å². The van der Waals surface area contributed by atoms with Crippen LogP contribution in [0.1, 0.15) is 5.56 Å². The van der Waals surface area contributed by atoms with E-state index in [1.165, 1.54) is 11.8 Å². The van der Waals surface area contributed by atoms with Gasteiger partial charge in [-0.3, -0.25) is 9.36 Å². The zero-order valence-corrected chi connectivity index (χ0v) is 16.2. The summed E-state index contributed by atoms with van der Waals surface area (Å²) in [6.45, 7) is 2.43. The number of carbonyl (C=O) groups is 1. The molecule has 0 aliphatic carbocycles. The van der Waals surface area contributed by atoms with Gasteiger partial charge >= 0.3 is 5.97 Å². The first-order valence-corrected chi connectivity index (χ1v) is 9.62. The summed E-state index contributed by atoms with van der Waals surface area (Å²) in [5, 5.41) is 9.22. The second-order valence-corrected chi connectivity index (χ2v) is 6.94. The maximum atomic E-state index is 11.9. The fourth-order valence-electron chi connectivity index (χ4n) is 2.23. The van der Waals surface area contributed by atoms with Crippen LogP contribution in [0.3, 0.4) is 0 Å². The van der Waals surface area contributed by atoms with Gasteiger partial charge in [0.05, 0.1) is 11.4 Å². The third kappa shape index (κ3) is 5.48. The average molecular weight is 404 g/mol. The minimum Gasteiger partial charge on any atom is -0.490 e. The lowest BCUT2D eigenvalue weighted by Crippen LogP contribution is -2.14. The Kier molecular flexibility index (Phi) is 6.73.